The number of fused-ring (bicyclic) bond motifs is 1. The van der Waals surface area contributed by atoms with Gasteiger partial charge in [0.15, 0.2) is 5.65 Å². The van der Waals surface area contributed by atoms with Crippen molar-refractivity contribution >= 4 is 34.8 Å². The predicted octanol–water partition coefficient (Wildman–Crippen LogP) is 3.89. The van der Waals surface area contributed by atoms with E-state index in [1.807, 2.05) is 6.92 Å². The van der Waals surface area contributed by atoms with E-state index in [0.29, 0.717) is 34.3 Å². The molecule has 0 saturated carbocycles. The Balaban J connectivity index is 1.75. The van der Waals surface area contributed by atoms with E-state index < -0.39 is 0 Å². The summed E-state index contributed by atoms with van der Waals surface area (Å²) in [6.07, 6.45) is 3.93. The molecule has 0 unspecified atom stereocenters. The van der Waals surface area contributed by atoms with Crippen LogP contribution in [0.25, 0.3) is 5.65 Å². The number of anilines is 2. The second-order valence-electron chi connectivity index (χ2n) is 5.54. The number of carbonyl (C=O) groups is 1. The molecular formula is C17H18ClN5O2. The summed E-state index contributed by atoms with van der Waals surface area (Å²) in [4.78, 5) is 16.0. The monoisotopic (exact) mass is 359 g/mol. The molecule has 0 spiro atoms. The summed E-state index contributed by atoms with van der Waals surface area (Å²) in [5.41, 5.74) is 6.82. The Bertz CT molecular complexity index is 909. The maximum absolute atomic E-state index is 11.8. The fourth-order valence-electron chi connectivity index (χ4n) is 2.22. The molecule has 0 aliphatic rings. The Labute approximate surface area is 149 Å². The highest BCUT2D eigenvalue weighted by atomic mass is 35.5. The Morgan fingerprint density at radius 3 is 2.88 bits per heavy atom. The minimum Gasteiger partial charge on any atom is -0.456 e. The number of hydrogen-bond donors (Lipinski definition) is 2. The van der Waals surface area contributed by atoms with Gasteiger partial charge in [0.05, 0.1) is 16.9 Å². The van der Waals surface area contributed by atoms with Crippen LogP contribution in [0.4, 0.5) is 11.6 Å². The number of nitrogen functional groups attached to an aromatic ring is 1. The minimum atomic E-state index is -0.0918. The lowest BCUT2D eigenvalue weighted by molar-refractivity contribution is -0.116. The second-order valence-corrected chi connectivity index (χ2v) is 5.95. The van der Waals surface area contributed by atoms with Gasteiger partial charge in [-0.05, 0) is 30.7 Å². The Kier molecular flexibility index (Phi) is 5.04. The lowest BCUT2D eigenvalue weighted by Gasteiger charge is -2.07. The van der Waals surface area contributed by atoms with Crippen LogP contribution in [0.2, 0.25) is 5.02 Å². The number of aromatic nitrogens is 3. The first-order valence-electron chi connectivity index (χ1n) is 7.94. The van der Waals surface area contributed by atoms with Crippen molar-refractivity contribution in [1.82, 2.24) is 14.6 Å². The third kappa shape index (κ3) is 4.19. The summed E-state index contributed by atoms with van der Waals surface area (Å²) in [5.74, 6) is 1.30. The van der Waals surface area contributed by atoms with Gasteiger partial charge in [-0.1, -0.05) is 24.9 Å². The molecule has 0 fully saturated rings. The molecule has 0 radical (unpaired) electrons. The molecule has 3 N–H and O–H groups in total. The number of ether oxygens (including phenoxy) is 1. The van der Waals surface area contributed by atoms with Crippen molar-refractivity contribution in [2.75, 3.05) is 11.1 Å². The molecule has 2 heterocycles. The van der Waals surface area contributed by atoms with Crippen LogP contribution in [0.1, 0.15) is 26.2 Å². The first-order chi connectivity index (χ1) is 12.0. The van der Waals surface area contributed by atoms with E-state index in [1.54, 1.807) is 41.0 Å². The molecule has 8 heteroatoms. The number of hydrogen-bond acceptors (Lipinski definition) is 5. The van der Waals surface area contributed by atoms with Gasteiger partial charge < -0.3 is 10.5 Å². The summed E-state index contributed by atoms with van der Waals surface area (Å²) >= 11 is 5.90. The van der Waals surface area contributed by atoms with Gasteiger partial charge in [-0.2, -0.15) is 4.98 Å². The highest BCUT2D eigenvalue weighted by molar-refractivity contribution is 6.33. The summed E-state index contributed by atoms with van der Waals surface area (Å²) in [6.45, 7) is 2.03. The molecule has 0 bridgehead atoms. The van der Waals surface area contributed by atoms with E-state index in [9.17, 15) is 4.79 Å². The topological polar surface area (TPSA) is 94.5 Å². The van der Waals surface area contributed by atoms with Gasteiger partial charge in [0.2, 0.25) is 11.9 Å². The van der Waals surface area contributed by atoms with Crippen molar-refractivity contribution < 1.29 is 9.53 Å². The Morgan fingerprint density at radius 2 is 2.12 bits per heavy atom. The first-order valence-corrected chi connectivity index (χ1v) is 8.32. The van der Waals surface area contributed by atoms with Gasteiger partial charge in [-0.3, -0.25) is 10.1 Å². The molecule has 2 aromatic heterocycles. The van der Waals surface area contributed by atoms with Crippen molar-refractivity contribution in [3.05, 3.63) is 41.6 Å². The van der Waals surface area contributed by atoms with Crippen LogP contribution in [-0.2, 0) is 4.79 Å². The number of nitrogens with one attached hydrogen (secondary N) is 1. The van der Waals surface area contributed by atoms with Crippen LogP contribution in [0.15, 0.2) is 36.5 Å². The molecule has 25 heavy (non-hydrogen) atoms. The Morgan fingerprint density at radius 1 is 1.32 bits per heavy atom. The average Bonchev–Trinajstić information content (AvgIpc) is 2.97. The largest absolute Gasteiger partial charge is 0.456 e. The third-order valence-corrected chi connectivity index (χ3v) is 3.86. The molecule has 1 aromatic carbocycles. The number of carbonyl (C=O) groups excluding carboxylic acids is 1. The standard InChI is InChI=1S/C17H18ClN5O2/c1-2-3-4-16(24)21-17-20-15-8-6-12(10-23(15)22-17)25-11-5-7-13(18)14(19)9-11/h5-10H,2-4,19H2,1H3,(H,21,22,24). The van der Waals surface area contributed by atoms with Crippen LogP contribution < -0.4 is 15.8 Å². The van der Waals surface area contributed by atoms with Crippen LogP contribution in [0.3, 0.4) is 0 Å². The summed E-state index contributed by atoms with van der Waals surface area (Å²) in [7, 11) is 0. The molecule has 3 aromatic rings. The Hall–Kier alpha value is -2.80. The molecule has 0 aliphatic carbocycles. The second kappa shape index (κ2) is 7.40. The van der Waals surface area contributed by atoms with Crippen LogP contribution in [-0.4, -0.2) is 20.5 Å². The normalized spacial score (nSPS) is 10.8. The predicted molar refractivity (Wildman–Crippen MR) is 97.1 cm³/mol. The number of halogens is 1. The van der Waals surface area contributed by atoms with E-state index in [0.717, 1.165) is 12.8 Å². The molecule has 0 saturated heterocycles. The van der Waals surface area contributed by atoms with Crippen molar-refractivity contribution in [3.8, 4) is 11.5 Å². The number of benzene rings is 1. The molecule has 130 valence electrons. The van der Waals surface area contributed by atoms with E-state index in [4.69, 9.17) is 22.1 Å². The van der Waals surface area contributed by atoms with Crippen molar-refractivity contribution in [2.45, 2.75) is 26.2 Å². The summed E-state index contributed by atoms with van der Waals surface area (Å²) < 4.78 is 7.30. The quantitative estimate of drug-likeness (QED) is 0.651. The molecule has 0 aliphatic heterocycles. The molecule has 3 rings (SSSR count). The van der Waals surface area contributed by atoms with Crippen molar-refractivity contribution in [3.63, 3.8) is 0 Å². The van der Waals surface area contributed by atoms with E-state index >= 15 is 0 Å². The van der Waals surface area contributed by atoms with Gasteiger partial charge in [0.1, 0.15) is 11.5 Å². The van der Waals surface area contributed by atoms with Crippen LogP contribution in [0.5, 0.6) is 11.5 Å². The maximum atomic E-state index is 11.8. The lowest BCUT2D eigenvalue weighted by atomic mass is 10.2. The minimum absolute atomic E-state index is 0.0918. The van der Waals surface area contributed by atoms with E-state index in [2.05, 4.69) is 15.4 Å². The highest BCUT2D eigenvalue weighted by Gasteiger charge is 2.09. The van der Waals surface area contributed by atoms with Gasteiger partial charge in [0, 0.05) is 12.5 Å². The summed E-state index contributed by atoms with van der Waals surface area (Å²) in [5, 5.41) is 7.41. The number of unbranched alkanes of at least 4 members (excludes halogenated alkanes) is 1. The van der Waals surface area contributed by atoms with E-state index in [-0.39, 0.29) is 11.9 Å². The van der Waals surface area contributed by atoms with Crippen LogP contribution in [0, 0.1) is 0 Å². The van der Waals surface area contributed by atoms with Crippen molar-refractivity contribution in [1.29, 1.82) is 0 Å². The zero-order valence-corrected chi connectivity index (χ0v) is 14.5. The van der Waals surface area contributed by atoms with Gasteiger partial charge in [-0.25, -0.2) is 4.52 Å². The lowest BCUT2D eigenvalue weighted by Crippen LogP contribution is -2.12. The average molecular weight is 360 g/mol. The maximum Gasteiger partial charge on any atom is 0.249 e. The molecule has 7 nitrogen and oxygen atoms in total. The number of pyridine rings is 1. The molecule has 1 amide bonds. The number of nitrogens with two attached hydrogens (primary N) is 1. The third-order valence-electron chi connectivity index (χ3n) is 3.52. The van der Waals surface area contributed by atoms with Gasteiger partial charge in [-0.15, -0.1) is 5.10 Å². The van der Waals surface area contributed by atoms with Gasteiger partial charge >= 0.3 is 0 Å². The zero-order valence-electron chi connectivity index (χ0n) is 13.7. The number of amides is 1. The van der Waals surface area contributed by atoms with Gasteiger partial charge in [0.25, 0.3) is 0 Å². The molecular weight excluding hydrogens is 342 g/mol. The van der Waals surface area contributed by atoms with Crippen molar-refractivity contribution in [2.24, 2.45) is 0 Å². The van der Waals surface area contributed by atoms with Crippen LogP contribution >= 0.6 is 11.6 Å². The summed E-state index contributed by atoms with van der Waals surface area (Å²) in [6, 6.07) is 8.56. The smallest absolute Gasteiger partial charge is 0.249 e. The fourth-order valence-corrected chi connectivity index (χ4v) is 2.34. The zero-order chi connectivity index (χ0) is 17.8. The molecule has 0 atom stereocenters. The van der Waals surface area contributed by atoms with E-state index in [1.165, 1.54) is 0 Å². The fraction of sp³-hybridized carbons (Fsp3) is 0.235. The number of rotatable bonds is 6. The first kappa shape index (κ1) is 17.0. The SMILES string of the molecule is CCCCC(=O)Nc1nc2ccc(Oc3ccc(Cl)c(N)c3)cn2n1. The number of nitrogens with zero attached hydrogens (tertiary/aromatic N) is 3. The highest BCUT2D eigenvalue weighted by Crippen LogP contribution is 2.27.